The maximum Gasteiger partial charge on any atom is 0.223 e. The molecule has 15 heteroatoms. The number of nitrogens with one attached hydrogen (secondary N) is 3. The second-order valence-corrected chi connectivity index (χ2v) is 28.3. The SMILES string of the molecule is C.CC(=O)Nc1ncc(CCl)s1.CC(=O)Nc1ncc(CN2C[C@H](O[Si](C)(C)C(C)(C)C)C[C@@H]2C)s1.C[C@H]1C[C@@H](O[Si](C)(C)C(C)(C)C)CN1. The van der Waals surface area contributed by atoms with E-state index in [-0.39, 0.29) is 24.3 Å². The van der Waals surface area contributed by atoms with Crippen LogP contribution in [0.3, 0.4) is 0 Å². The van der Waals surface area contributed by atoms with Crippen molar-refractivity contribution in [2.24, 2.45) is 0 Å². The molecule has 0 radical (unpaired) electrons. The van der Waals surface area contributed by atoms with Gasteiger partial charge in [0.2, 0.25) is 11.8 Å². The minimum absolute atomic E-state index is 0. The van der Waals surface area contributed by atoms with E-state index in [0.29, 0.717) is 45.5 Å². The Hall–Kier alpha value is -1.24. The summed E-state index contributed by atoms with van der Waals surface area (Å²) < 4.78 is 12.9. The number of aromatic nitrogens is 2. The molecule has 0 aliphatic carbocycles. The molecule has 2 aromatic rings. The lowest BCUT2D eigenvalue weighted by molar-refractivity contribution is -0.115. The lowest BCUT2D eigenvalue weighted by Crippen LogP contribution is -2.44. The lowest BCUT2D eigenvalue weighted by atomic mass is 10.2. The van der Waals surface area contributed by atoms with Crippen molar-refractivity contribution < 1.29 is 18.4 Å². The van der Waals surface area contributed by atoms with Crippen LogP contribution >= 0.6 is 34.3 Å². The van der Waals surface area contributed by atoms with Gasteiger partial charge in [-0.3, -0.25) is 14.5 Å². The van der Waals surface area contributed by atoms with E-state index in [1.165, 1.54) is 36.5 Å². The van der Waals surface area contributed by atoms with Gasteiger partial charge in [-0.05, 0) is 63.0 Å². The van der Waals surface area contributed by atoms with Gasteiger partial charge in [0.05, 0.1) is 18.1 Å². The first kappa shape index (κ1) is 46.8. The van der Waals surface area contributed by atoms with Crippen molar-refractivity contribution in [3.05, 3.63) is 22.1 Å². The second-order valence-electron chi connectivity index (χ2n) is 16.3. The number of carbonyl (C=O) groups is 2. The van der Waals surface area contributed by atoms with Gasteiger partial charge < -0.3 is 24.8 Å². The number of anilines is 2. The predicted molar refractivity (Wildman–Crippen MR) is 220 cm³/mol. The Morgan fingerprint density at radius 3 is 1.74 bits per heavy atom. The van der Waals surface area contributed by atoms with E-state index >= 15 is 0 Å². The minimum Gasteiger partial charge on any atom is -0.413 e. The predicted octanol–water partition coefficient (Wildman–Crippen LogP) is 9.32. The average Bonchev–Trinajstić information content (AvgIpc) is 3.73. The Morgan fingerprint density at radius 2 is 1.34 bits per heavy atom. The summed E-state index contributed by atoms with van der Waals surface area (Å²) in [4.78, 5) is 34.4. The number of hydrogen-bond acceptors (Lipinski definition) is 10. The smallest absolute Gasteiger partial charge is 0.223 e. The Balaban J connectivity index is 0.000000408. The highest BCUT2D eigenvalue weighted by molar-refractivity contribution is 7.16. The zero-order chi connectivity index (χ0) is 37.4. The molecule has 0 unspecified atom stereocenters. The molecule has 2 amide bonds. The highest BCUT2D eigenvalue weighted by atomic mass is 35.5. The summed E-state index contributed by atoms with van der Waals surface area (Å²) in [5.74, 6) is 0.255. The third kappa shape index (κ3) is 15.4. The van der Waals surface area contributed by atoms with Gasteiger partial charge in [0.15, 0.2) is 26.9 Å². The Morgan fingerprint density at radius 1 is 0.880 bits per heavy atom. The van der Waals surface area contributed by atoms with E-state index < -0.39 is 16.6 Å². The van der Waals surface area contributed by atoms with Gasteiger partial charge in [-0.25, -0.2) is 9.97 Å². The first-order valence-corrected chi connectivity index (χ1v) is 25.2. The lowest BCUT2D eigenvalue weighted by Gasteiger charge is -2.38. The second kappa shape index (κ2) is 19.7. The number of nitrogens with zero attached hydrogens (tertiary/aromatic N) is 3. The van der Waals surface area contributed by atoms with Crippen molar-refractivity contribution in [2.45, 2.75) is 162 Å². The fourth-order valence-corrected chi connectivity index (χ4v) is 9.44. The molecule has 4 atom stereocenters. The van der Waals surface area contributed by atoms with Crippen LogP contribution in [-0.4, -0.2) is 80.7 Å². The number of alkyl halides is 1. The summed E-state index contributed by atoms with van der Waals surface area (Å²) >= 11 is 8.47. The van der Waals surface area contributed by atoms with Crippen LogP contribution in [0.4, 0.5) is 10.3 Å². The molecule has 3 N–H and O–H groups in total. The number of carbonyl (C=O) groups excluding carboxylic acids is 2. The van der Waals surface area contributed by atoms with E-state index in [4.69, 9.17) is 20.5 Å². The van der Waals surface area contributed by atoms with Crippen LogP contribution in [0.1, 0.15) is 99.3 Å². The fraction of sp³-hybridized carbons (Fsp3) is 0.771. The van der Waals surface area contributed by atoms with Crippen LogP contribution in [0.15, 0.2) is 12.4 Å². The highest BCUT2D eigenvalue weighted by Crippen LogP contribution is 2.40. The van der Waals surface area contributed by atoms with Gasteiger partial charge in [0.25, 0.3) is 0 Å². The first-order chi connectivity index (χ1) is 22.4. The highest BCUT2D eigenvalue weighted by Gasteiger charge is 2.42. The number of halogens is 1. The summed E-state index contributed by atoms with van der Waals surface area (Å²) in [6.07, 6.45) is 6.55. The van der Waals surface area contributed by atoms with Crippen LogP contribution in [0.2, 0.25) is 36.3 Å². The van der Waals surface area contributed by atoms with Gasteiger partial charge in [-0.2, -0.15) is 0 Å². The van der Waals surface area contributed by atoms with Gasteiger partial charge in [0.1, 0.15) is 0 Å². The van der Waals surface area contributed by atoms with E-state index in [1.807, 2.05) is 6.20 Å². The van der Waals surface area contributed by atoms with Gasteiger partial charge in [-0.1, -0.05) is 49.0 Å². The number of hydrogen-bond donors (Lipinski definition) is 3. The van der Waals surface area contributed by atoms with Crippen molar-refractivity contribution in [3.8, 4) is 0 Å². The Bertz CT molecular complexity index is 1340. The Labute approximate surface area is 318 Å². The van der Waals surface area contributed by atoms with Crippen LogP contribution in [-0.2, 0) is 30.9 Å². The molecular weight excluding hydrogens is 724 g/mol. The standard InChI is InChI=1S/C17H31N3O2SSi.C11H25NOSi.C6H7ClN2OS.CH4/c1-12-8-14(22-24(6,7)17(3,4)5)10-20(12)11-15-9-18-16(23-15)19-13(2)21;1-9-7-10(8-12-9)13-14(5,6)11(2,3)4;1-4(10)9-6-8-3-5(2-7)11-6;/h9,12,14H,8,10-11H2,1-7H3,(H,18,19,21);9-10,12H,7-8H2,1-6H3;3H,2H2,1H3,(H,8,9,10);1H4/t12-,14+;9-,10+;;/m00../s1. The molecule has 4 rings (SSSR count). The van der Waals surface area contributed by atoms with Crippen LogP contribution in [0, 0.1) is 0 Å². The molecule has 288 valence electrons. The summed E-state index contributed by atoms with van der Waals surface area (Å²) in [7, 11) is -3.26. The molecule has 2 saturated heterocycles. The molecule has 2 aliphatic rings. The third-order valence-electron chi connectivity index (χ3n) is 9.67. The largest absolute Gasteiger partial charge is 0.413 e. The summed E-state index contributed by atoms with van der Waals surface area (Å²) in [6.45, 7) is 33.4. The van der Waals surface area contributed by atoms with E-state index in [1.54, 1.807) is 17.5 Å². The zero-order valence-electron chi connectivity index (χ0n) is 32.4. The molecule has 0 spiro atoms. The van der Waals surface area contributed by atoms with Crippen LogP contribution in [0.5, 0.6) is 0 Å². The number of likely N-dealkylation sites (tertiary alicyclic amines) is 1. The molecular formula is C35H67ClN6O4S2Si2. The molecule has 4 heterocycles. The molecule has 2 fully saturated rings. The molecule has 50 heavy (non-hydrogen) atoms. The van der Waals surface area contributed by atoms with Crippen molar-refractivity contribution in [1.29, 1.82) is 0 Å². The van der Waals surface area contributed by atoms with Crippen molar-refractivity contribution >= 4 is 73.0 Å². The maximum absolute atomic E-state index is 11.1. The summed E-state index contributed by atoms with van der Waals surface area (Å²) in [5.41, 5.74) is 0. The molecule has 0 saturated carbocycles. The van der Waals surface area contributed by atoms with Crippen molar-refractivity contribution in [3.63, 3.8) is 0 Å². The number of amides is 2. The van der Waals surface area contributed by atoms with Gasteiger partial charge in [0, 0.05) is 67.7 Å². The normalized spacial score (nSPS) is 21.3. The molecule has 0 aromatic carbocycles. The zero-order valence-corrected chi connectivity index (χ0v) is 36.8. The van der Waals surface area contributed by atoms with E-state index in [0.717, 1.165) is 30.9 Å². The molecule has 2 aliphatic heterocycles. The average molecular weight is 792 g/mol. The first-order valence-electron chi connectivity index (χ1n) is 17.3. The van der Waals surface area contributed by atoms with E-state index in [2.05, 4.69) is 112 Å². The topological polar surface area (TPSA) is 118 Å². The van der Waals surface area contributed by atoms with Crippen molar-refractivity contribution in [2.75, 3.05) is 23.7 Å². The molecule has 2 aromatic heterocycles. The molecule has 10 nitrogen and oxygen atoms in total. The van der Waals surface area contributed by atoms with Gasteiger partial charge >= 0.3 is 0 Å². The van der Waals surface area contributed by atoms with E-state index in [9.17, 15) is 9.59 Å². The third-order valence-corrected chi connectivity index (χ3v) is 21.0. The van der Waals surface area contributed by atoms with Crippen LogP contribution in [0.25, 0.3) is 0 Å². The van der Waals surface area contributed by atoms with Crippen LogP contribution < -0.4 is 16.0 Å². The monoisotopic (exact) mass is 790 g/mol. The quantitative estimate of drug-likeness (QED) is 0.170. The summed E-state index contributed by atoms with van der Waals surface area (Å²) in [6, 6.07) is 1.14. The van der Waals surface area contributed by atoms with Gasteiger partial charge in [-0.15, -0.1) is 34.3 Å². The molecule has 0 bridgehead atoms. The maximum atomic E-state index is 11.1. The number of thiazole rings is 2. The number of rotatable bonds is 9. The minimum atomic E-state index is -1.72. The van der Waals surface area contributed by atoms with Crippen molar-refractivity contribution in [1.82, 2.24) is 20.2 Å². The fourth-order valence-electron chi connectivity index (χ4n) is 4.89. The Kier molecular flexibility index (Phi) is 18.5. The summed E-state index contributed by atoms with van der Waals surface area (Å²) in [5, 5.41) is 10.6.